The molecule has 2 aromatic rings. The molecule has 0 radical (unpaired) electrons. The van der Waals surface area contributed by atoms with Crippen molar-refractivity contribution in [2.24, 2.45) is 0 Å². The summed E-state index contributed by atoms with van der Waals surface area (Å²) in [6.45, 7) is 1.94. The van der Waals surface area contributed by atoms with E-state index in [0.29, 0.717) is 5.69 Å². The van der Waals surface area contributed by atoms with Crippen molar-refractivity contribution in [2.75, 3.05) is 5.32 Å². The van der Waals surface area contributed by atoms with E-state index in [4.69, 9.17) is 5.11 Å². The highest BCUT2D eigenvalue weighted by atomic mass is 16.4. The molecule has 0 fully saturated rings. The molecule has 0 aliphatic heterocycles. The summed E-state index contributed by atoms with van der Waals surface area (Å²) >= 11 is 0. The lowest BCUT2D eigenvalue weighted by Gasteiger charge is -2.11. The Labute approximate surface area is 115 Å². The maximum Gasteiger partial charge on any atom is 0.338 e. The Balaban J connectivity index is 2.46. The number of nitrogens with one attached hydrogen (secondary N) is 1. The van der Waals surface area contributed by atoms with E-state index in [1.165, 1.54) is 18.2 Å². The number of benzene rings is 2. The zero-order valence-electron chi connectivity index (χ0n) is 10.8. The van der Waals surface area contributed by atoms with Crippen LogP contribution in [-0.2, 0) is 0 Å². The van der Waals surface area contributed by atoms with Gasteiger partial charge in [0.05, 0.1) is 16.8 Å². The van der Waals surface area contributed by atoms with Gasteiger partial charge in [-0.3, -0.25) is 0 Å². The van der Waals surface area contributed by atoms with Crippen molar-refractivity contribution < 1.29 is 19.8 Å². The molecule has 2 aromatic carbocycles. The molecule has 0 aliphatic carbocycles. The minimum atomic E-state index is -1.28. The van der Waals surface area contributed by atoms with Crippen molar-refractivity contribution in [2.45, 2.75) is 6.92 Å². The van der Waals surface area contributed by atoms with E-state index >= 15 is 0 Å². The molecule has 0 atom stereocenters. The second-order valence-electron chi connectivity index (χ2n) is 4.33. The van der Waals surface area contributed by atoms with Gasteiger partial charge in [-0.1, -0.05) is 23.8 Å². The van der Waals surface area contributed by atoms with Crippen LogP contribution in [0.25, 0.3) is 0 Å². The van der Waals surface area contributed by atoms with Gasteiger partial charge in [0.15, 0.2) is 0 Å². The van der Waals surface area contributed by atoms with E-state index in [2.05, 4.69) is 5.32 Å². The smallest absolute Gasteiger partial charge is 0.338 e. The maximum atomic E-state index is 11.3. The van der Waals surface area contributed by atoms with Crippen LogP contribution in [0.15, 0.2) is 42.5 Å². The molecule has 0 saturated heterocycles. The summed E-state index contributed by atoms with van der Waals surface area (Å²) in [7, 11) is 0. The summed E-state index contributed by atoms with van der Waals surface area (Å²) in [6.07, 6.45) is 0. The summed E-state index contributed by atoms with van der Waals surface area (Å²) in [5, 5.41) is 21.2. The monoisotopic (exact) mass is 271 g/mol. The SMILES string of the molecule is Cc1ccc(Nc2cccc(C(=O)O)c2C(=O)O)cc1. The van der Waals surface area contributed by atoms with Crippen molar-refractivity contribution in [3.8, 4) is 0 Å². The van der Waals surface area contributed by atoms with Gasteiger partial charge in [-0.2, -0.15) is 0 Å². The van der Waals surface area contributed by atoms with E-state index in [9.17, 15) is 14.7 Å². The third-order valence-electron chi connectivity index (χ3n) is 2.84. The average molecular weight is 271 g/mol. The van der Waals surface area contributed by atoms with Gasteiger partial charge in [-0.25, -0.2) is 9.59 Å². The Bertz CT molecular complexity index is 662. The summed E-state index contributed by atoms with van der Waals surface area (Å²) < 4.78 is 0. The van der Waals surface area contributed by atoms with Crippen LogP contribution in [0.1, 0.15) is 26.3 Å². The third kappa shape index (κ3) is 2.77. The molecule has 0 heterocycles. The summed E-state index contributed by atoms with van der Waals surface area (Å²) in [6, 6.07) is 11.7. The highest BCUT2D eigenvalue weighted by molar-refractivity contribution is 6.06. The Hall–Kier alpha value is -2.82. The van der Waals surface area contributed by atoms with Crippen molar-refractivity contribution in [1.82, 2.24) is 0 Å². The van der Waals surface area contributed by atoms with Crippen LogP contribution in [0, 0.1) is 6.92 Å². The van der Waals surface area contributed by atoms with Crippen LogP contribution in [0.3, 0.4) is 0 Å². The fourth-order valence-corrected chi connectivity index (χ4v) is 1.86. The van der Waals surface area contributed by atoms with Crippen LogP contribution in [0.4, 0.5) is 11.4 Å². The van der Waals surface area contributed by atoms with Gasteiger partial charge in [0.2, 0.25) is 0 Å². The molecule has 102 valence electrons. The lowest BCUT2D eigenvalue weighted by atomic mass is 10.0. The van der Waals surface area contributed by atoms with Crippen molar-refractivity contribution >= 4 is 23.3 Å². The van der Waals surface area contributed by atoms with E-state index < -0.39 is 11.9 Å². The number of anilines is 2. The Morgan fingerprint density at radius 3 is 2.15 bits per heavy atom. The van der Waals surface area contributed by atoms with E-state index in [0.717, 1.165) is 5.56 Å². The first-order valence-corrected chi connectivity index (χ1v) is 5.92. The van der Waals surface area contributed by atoms with Crippen molar-refractivity contribution in [3.63, 3.8) is 0 Å². The molecule has 3 N–H and O–H groups in total. The molecule has 2 rings (SSSR count). The predicted octanol–water partition coefficient (Wildman–Crippen LogP) is 3.14. The van der Waals surface area contributed by atoms with E-state index in [1.807, 2.05) is 19.1 Å². The van der Waals surface area contributed by atoms with Crippen molar-refractivity contribution in [3.05, 3.63) is 59.2 Å². The molecule has 0 aromatic heterocycles. The summed E-state index contributed by atoms with van der Waals surface area (Å²) in [5.41, 5.74) is 1.53. The lowest BCUT2D eigenvalue weighted by Crippen LogP contribution is -2.11. The molecule has 20 heavy (non-hydrogen) atoms. The van der Waals surface area contributed by atoms with Crippen LogP contribution in [-0.4, -0.2) is 22.2 Å². The Morgan fingerprint density at radius 1 is 0.950 bits per heavy atom. The molecular weight excluding hydrogens is 258 g/mol. The first-order valence-electron chi connectivity index (χ1n) is 5.92. The van der Waals surface area contributed by atoms with Gasteiger partial charge >= 0.3 is 11.9 Å². The summed E-state index contributed by atoms with van der Waals surface area (Å²) in [4.78, 5) is 22.4. The molecule has 5 heteroatoms. The maximum absolute atomic E-state index is 11.3. The minimum absolute atomic E-state index is 0.241. The molecule has 0 bridgehead atoms. The normalized spacial score (nSPS) is 10.1. The second-order valence-corrected chi connectivity index (χ2v) is 4.33. The second kappa shape index (κ2) is 5.44. The number of aryl methyl sites for hydroxylation is 1. The molecule has 0 spiro atoms. The minimum Gasteiger partial charge on any atom is -0.478 e. The van der Waals surface area contributed by atoms with Gasteiger partial charge < -0.3 is 15.5 Å². The highest BCUT2D eigenvalue weighted by Gasteiger charge is 2.19. The Kier molecular flexibility index (Phi) is 3.70. The number of carboxylic acids is 2. The van der Waals surface area contributed by atoms with Gasteiger partial charge in [0.1, 0.15) is 0 Å². The number of rotatable bonds is 4. The fourth-order valence-electron chi connectivity index (χ4n) is 1.86. The molecule has 0 saturated carbocycles. The van der Waals surface area contributed by atoms with Crippen LogP contribution < -0.4 is 5.32 Å². The van der Waals surface area contributed by atoms with Crippen LogP contribution >= 0.6 is 0 Å². The first kappa shape index (κ1) is 13.6. The number of hydrogen-bond donors (Lipinski definition) is 3. The molecule has 0 aliphatic rings. The molecule has 0 amide bonds. The van der Waals surface area contributed by atoms with Crippen LogP contribution in [0.5, 0.6) is 0 Å². The van der Waals surface area contributed by atoms with Crippen molar-refractivity contribution in [1.29, 1.82) is 0 Å². The fraction of sp³-hybridized carbons (Fsp3) is 0.0667. The molecule has 0 unspecified atom stereocenters. The van der Waals surface area contributed by atoms with E-state index in [-0.39, 0.29) is 16.8 Å². The summed E-state index contributed by atoms with van der Waals surface area (Å²) in [5.74, 6) is -2.55. The predicted molar refractivity (Wildman–Crippen MR) is 74.8 cm³/mol. The van der Waals surface area contributed by atoms with Gasteiger partial charge in [0, 0.05) is 5.69 Å². The standard InChI is InChI=1S/C15H13NO4/c1-9-5-7-10(8-6-9)16-12-4-2-3-11(14(17)18)13(12)15(19)20/h2-8,16H,1H3,(H,17,18)(H,19,20). The van der Waals surface area contributed by atoms with E-state index in [1.54, 1.807) is 12.1 Å². The highest BCUT2D eigenvalue weighted by Crippen LogP contribution is 2.24. The van der Waals surface area contributed by atoms with Gasteiger partial charge in [-0.05, 0) is 31.2 Å². The first-order chi connectivity index (χ1) is 9.49. The number of hydrogen-bond acceptors (Lipinski definition) is 3. The topological polar surface area (TPSA) is 86.6 Å². The van der Waals surface area contributed by atoms with Crippen LogP contribution in [0.2, 0.25) is 0 Å². The largest absolute Gasteiger partial charge is 0.478 e. The third-order valence-corrected chi connectivity index (χ3v) is 2.84. The number of carboxylic acid groups (broad SMARTS) is 2. The zero-order valence-corrected chi connectivity index (χ0v) is 10.8. The zero-order chi connectivity index (χ0) is 14.7. The Morgan fingerprint density at radius 2 is 1.60 bits per heavy atom. The van der Waals surface area contributed by atoms with Gasteiger partial charge in [0.25, 0.3) is 0 Å². The number of aromatic carboxylic acids is 2. The molecule has 5 nitrogen and oxygen atoms in total. The number of carbonyl (C=O) groups is 2. The van der Waals surface area contributed by atoms with Gasteiger partial charge in [-0.15, -0.1) is 0 Å². The quantitative estimate of drug-likeness (QED) is 0.795. The molecular formula is C15H13NO4. The lowest BCUT2D eigenvalue weighted by molar-refractivity contribution is 0.0652. The average Bonchev–Trinajstić information content (AvgIpc) is 2.40.